The zero-order valence-corrected chi connectivity index (χ0v) is 10.8. The van der Waals surface area contributed by atoms with Crippen LogP contribution in [-0.2, 0) is 9.47 Å². The van der Waals surface area contributed by atoms with Crippen molar-refractivity contribution in [1.29, 1.82) is 0 Å². The fourth-order valence-corrected chi connectivity index (χ4v) is 1.29. The normalized spacial score (nSPS) is 11.5. The van der Waals surface area contributed by atoms with Gasteiger partial charge in [-0.3, -0.25) is 0 Å². The van der Waals surface area contributed by atoms with E-state index in [-0.39, 0.29) is 12.6 Å². The van der Waals surface area contributed by atoms with E-state index in [1.807, 2.05) is 6.07 Å². The molecular weight excluding hydrogens is 234 g/mol. The first-order chi connectivity index (χ1) is 8.56. The Balaban J connectivity index is 2.46. The van der Waals surface area contributed by atoms with Crippen LogP contribution in [0.25, 0.3) is 0 Å². The van der Waals surface area contributed by atoms with Gasteiger partial charge in [-0.15, -0.1) is 0 Å². The van der Waals surface area contributed by atoms with Crippen molar-refractivity contribution in [3.63, 3.8) is 0 Å². The molecule has 0 aliphatic heterocycles. The van der Waals surface area contributed by atoms with Crippen LogP contribution in [0.3, 0.4) is 0 Å². The summed E-state index contributed by atoms with van der Waals surface area (Å²) in [5.41, 5.74) is 0.491. The van der Waals surface area contributed by atoms with Gasteiger partial charge in [0, 0.05) is 7.05 Å². The molecule has 1 aromatic rings. The molecule has 5 nitrogen and oxygen atoms in total. The number of esters is 1. The SMILES string of the molecule is COC(=O)N(C)[C@@H](C)COC(=O)c1ccccc1. The predicted octanol–water partition coefficient (Wildman–Crippen LogP) is 1.93. The minimum absolute atomic E-state index is 0.124. The van der Waals surface area contributed by atoms with Crippen molar-refractivity contribution in [1.82, 2.24) is 4.90 Å². The first-order valence-corrected chi connectivity index (χ1v) is 5.59. The van der Waals surface area contributed by atoms with Gasteiger partial charge in [0.15, 0.2) is 0 Å². The van der Waals surface area contributed by atoms with E-state index in [9.17, 15) is 9.59 Å². The fourth-order valence-electron chi connectivity index (χ4n) is 1.29. The molecule has 0 saturated carbocycles. The standard InChI is InChI=1S/C13H17NO4/c1-10(14(2)13(16)17-3)9-18-12(15)11-7-5-4-6-8-11/h4-8,10H,9H2,1-3H3/t10-/m0/s1. The summed E-state index contributed by atoms with van der Waals surface area (Å²) < 4.78 is 9.69. The number of amides is 1. The molecule has 0 spiro atoms. The monoisotopic (exact) mass is 251 g/mol. The van der Waals surface area contributed by atoms with Crippen molar-refractivity contribution in [2.45, 2.75) is 13.0 Å². The van der Waals surface area contributed by atoms with E-state index >= 15 is 0 Å². The highest BCUT2D eigenvalue weighted by Gasteiger charge is 2.17. The molecule has 0 aliphatic carbocycles. The number of nitrogens with zero attached hydrogens (tertiary/aromatic N) is 1. The van der Waals surface area contributed by atoms with Gasteiger partial charge in [0.05, 0.1) is 18.7 Å². The molecular formula is C13H17NO4. The summed E-state index contributed by atoms with van der Waals surface area (Å²) >= 11 is 0. The molecule has 1 amide bonds. The Bertz CT molecular complexity index is 405. The second kappa shape index (κ2) is 6.64. The zero-order chi connectivity index (χ0) is 13.5. The Kier molecular flexibility index (Phi) is 5.17. The molecule has 1 aromatic carbocycles. The Labute approximate surface area is 106 Å². The Morgan fingerprint density at radius 3 is 2.44 bits per heavy atom. The lowest BCUT2D eigenvalue weighted by Crippen LogP contribution is -2.38. The van der Waals surface area contributed by atoms with Crippen molar-refractivity contribution < 1.29 is 19.1 Å². The van der Waals surface area contributed by atoms with Crippen LogP contribution < -0.4 is 0 Å². The number of methoxy groups -OCH3 is 1. The minimum Gasteiger partial charge on any atom is -0.460 e. The predicted molar refractivity (Wildman–Crippen MR) is 66.4 cm³/mol. The largest absolute Gasteiger partial charge is 0.460 e. The van der Waals surface area contributed by atoms with Crippen LogP contribution in [0.1, 0.15) is 17.3 Å². The van der Waals surface area contributed by atoms with Crippen LogP contribution in [0, 0.1) is 0 Å². The summed E-state index contributed by atoms with van der Waals surface area (Å²) in [5, 5.41) is 0. The van der Waals surface area contributed by atoms with E-state index in [2.05, 4.69) is 4.74 Å². The highest BCUT2D eigenvalue weighted by Crippen LogP contribution is 2.04. The number of carbonyl (C=O) groups is 2. The smallest absolute Gasteiger partial charge is 0.409 e. The summed E-state index contributed by atoms with van der Waals surface area (Å²) in [6, 6.07) is 8.46. The first kappa shape index (κ1) is 14.0. The summed E-state index contributed by atoms with van der Waals surface area (Å²) in [5.74, 6) is -0.402. The van der Waals surface area contributed by atoms with Gasteiger partial charge in [0.25, 0.3) is 0 Å². The molecule has 0 saturated heterocycles. The second-order valence-electron chi connectivity index (χ2n) is 3.89. The third-order valence-electron chi connectivity index (χ3n) is 2.59. The number of hydrogen-bond donors (Lipinski definition) is 0. The van der Waals surface area contributed by atoms with E-state index in [0.29, 0.717) is 5.56 Å². The van der Waals surface area contributed by atoms with Gasteiger partial charge >= 0.3 is 12.1 Å². The van der Waals surface area contributed by atoms with Gasteiger partial charge in [-0.1, -0.05) is 18.2 Å². The van der Waals surface area contributed by atoms with Gasteiger partial charge in [-0.25, -0.2) is 9.59 Å². The maximum absolute atomic E-state index is 11.7. The number of hydrogen-bond acceptors (Lipinski definition) is 4. The summed E-state index contributed by atoms with van der Waals surface area (Å²) in [6.07, 6.45) is -0.460. The third kappa shape index (κ3) is 3.76. The molecule has 0 aromatic heterocycles. The average molecular weight is 251 g/mol. The van der Waals surface area contributed by atoms with E-state index in [4.69, 9.17) is 4.74 Å². The van der Waals surface area contributed by atoms with Gasteiger partial charge in [-0.2, -0.15) is 0 Å². The number of likely N-dealkylation sites (N-methyl/N-ethyl adjacent to an activating group) is 1. The number of rotatable bonds is 4. The van der Waals surface area contributed by atoms with E-state index in [0.717, 1.165) is 0 Å². The highest BCUT2D eigenvalue weighted by atomic mass is 16.5. The average Bonchev–Trinajstić information content (AvgIpc) is 2.43. The van der Waals surface area contributed by atoms with Gasteiger partial charge < -0.3 is 14.4 Å². The molecule has 98 valence electrons. The number of benzene rings is 1. The molecule has 0 radical (unpaired) electrons. The highest BCUT2D eigenvalue weighted by molar-refractivity contribution is 5.89. The summed E-state index contributed by atoms with van der Waals surface area (Å²) in [4.78, 5) is 24.3. The molecule has 0 fully saturated rings. The lowest BCUT2D eigenvalue weighted by atomic mass is 10.2. The minimum atomic E-state index is -0.460. The molecule has 1 atom stereocenters. The van der Waals surface area contributed by atoms with Crippen LogP contribution in [0.5, 0.6) is 0 Å². The van der Waals surface area contributed by atoms with Crippen LogP contribution in [0.4, 0.5) is 4.79 Å². The molecule has 0 heterocycles. The Hall–Kier alpha value is -2.04. The number of carbonyl (C=O) groups excluding carboxylic acids is 2. The van der Waals surface area contributed by atoms with Crippen LogP contribution in [-0.4, -0.2) is 43.8 Å². The topological polar surface area (TPSA) is 55.8 Å². The van der Waals surface area contributed by atoms with Crippen molar-refractivity contribution in [3.05, 3.63) is 35.9 Å². The van der Waals surface area contributed by atoms with Crippen molar-refractivity contribution >= 4 is 12.1 Å². The van der Waals surface area contributed by atoms with Gasteiger partial charge in [0.2, 0.25) is 0 Å². The maximum atomic E-state index is 11.7. The molecule has 1 rings (SSSR count). The lowest BCUT2D eigenvalue weighted by Gasteiger charge is -2.22. The molecule has 0 N–H and O–H groups in total. The third-order valence-corrected chi connectivity index (χ3v) is 2.59. The van der Waals surface area contributed by atoms with Gasteiger partial charge in [0.1, 0.15) is 6.61 Å². The Morgan fingerprint density at radius 2 is 1.89 bits per heavy atom. The molecule has 5 heteroatoms. The lowest BCUT2D eigenvalue weighted by molar-refractivity contribution is 0.0383. The van der Waals surface area contributed by atoms with Crippen molar-refractivity contribution in [2.75, 3.05) is 20.8 Å². The maximum Gasteiger partial charge on any atom is 0.409 e. The fraction of sp³-hybridized carbons (Fsp3) is 0.385. The van der Waals surface area contributed by atoms with Gasteiger partial charge in [-0.05, 0) is 19.1 Å². The van der Waals surface area contributed by atoms with E-state index < -0.39 is 12.1 Å². The summed E-state index contributed by atoms with van der Waals surface area (Å²) in [7, 11) is 2.90. The van der Waals surface area contributed by atoms with Crippen molar-refractivity contribution in [2.24, 2.45) is 0 Å². The number of ether oxygens (including phenoxy) is 2. The Morgan fingerprint density at radius 1 is 1.28 bits per heavy atom. The van der Waals surface area contributed by atoms with Crippen LogP contribution in [0.2, 0.25) is 0 Å². The van der Waals surface area contributed by atoms with Crippen molar-refractivity contribution in [3.8, 4) is 0 Å². The van der Waals surface area contributed by atoms with E-state index in [1.54, 1.807) is 38.2 Å². The molecule has 0 aliphatic rings. The molecule has 0 unspecified atom stereocenters. The molecule has 0 bridgehead atoms. The zero-order valence-electron chi connectivity index (χ0n) is 10.8. The van der Waals surface area contributed by atoms with Crippen LogP contribution >= 0.6 is 0 Å². The first-order valence-electron chi connectivity index (χ1n) is 5.59. The summed E-state index contributed by atoms with van der Waals surface area (Å²) in [6.45, 7) is 1.90. The van der Waals surface area contributed by atoms with E-state index in [1.165, 1.54) is 12.0 Å². The second-order valence-corrected chi connectivity index (χ2v) is 3.89. The molecule has 18 heavy (non-hydrogen) atoms. The quantitative estimate of drug-likeness (QED) is 0.767. The van der Waals surface area contributed by atoms with Crippen LogP contribution in [0.15, 0.2) is 30.3 Å².